The van der Waals surface area contributed by atoms with Crippen LogP contribution in [0.3, 0.4) is 0 Å². The quantitative estimate of drug-likeness (QED) is 0.236. The predicted octanol–water partition coefficient (Wildman–Crippen LogP) is 6.91. The maximum atomic E-state index is 15.2. The van der Waals surface area contributed by atoms with E-state index in [9.17, 15) is 32.7 Å². The summed E-state index contributed by atoms with van der Waals surface area (Å²) in [6.45, 7) is 5.26. The minimum absolute atomic E-state index is 0.00343. The van der Waals surface area contributed by atoms with Gasteiger partial charge in [0.05, 0.1) is 28.9 Å². The smallest absolute Gasteiger partial charge is 0.508 e. The highest BCUT2D eigenvalue weighted by Crippen LogP contribution is 2.65. The lowest BCUT2D eigenvalue weighted by Crippen LogP contribution is -2.53. The standard InChI is InChI=1S/C37H32ClF3N2O6/c1-35(2,3)43-31(45)24-14-13-23-25(29(24)33(43)47)18-27-32(46)42(21-11-7-10-20(38)16-21)34(48)36(27,19-8-5-4-6-9-19)30(23)26-17-22(12-15-28(26)44)49-37(39,40)41/h4-13,15-17,24-25,27,29-30,44H,14,18H2,1-3H3/t24-,25+,27-,29-,30+,36+/m0/s1. The van der Waals surface area contributed by atoms with Crippen LogP contribution in [0.4, 0.5) is 18.9 Å². The van der Waals surface area contributed by atoms with Crippen molar-refractivity contribution in [3.8, 4) is 11.5 Å². The number of nitrogens with zero attached hydrogens (tertiary/aromatic N) is 2. The highest BCUT2D eigenvalue weighted by atomic mass is 35.5. The van der Waals surface area contributed by atoms with Crippen molar-refractivity contribution in [2.24, 2.45) is 23.7 Å². The SMILES string of the molecule is CC(C)(C)N1C(=O)[C@H]2[C@H](CC=C3[C@H]2C[C@H]2C(=O)N(c4cccc(Cl)c4)C(=O)[C@@]2(c2ccccc2)[C@H]3c2cc(OC(F)(F)F)ccc2O)C1=O. The maximum absolute atomic E-state index is 15.2. The van der Waals surface area contributed by atoms with Gasteiger partial charge in [-0.1, -0.05) is 59.6 Å². The number of likely N-dealkylation sites (tertiary alicyclic amines) is 1. The van der Waals surface area contributed by atoms with Gasteiger partial charge >= 0.3 is 6.36 Å². The van der Waals surface area contributed by atoms with Gasteiger partial charge in [-0.15, -0.1) is 13.2 Å². The lowest BCUT2D eigenvalue weighted by atomic mass is 9.49. The second-order valence-electron chi connectivity index (χ2n) is 14.0. The molecule has 6 atom stereocenters. The number of hydrogen-bond donors (Lipinski definition) is 1. The van der Waals surface area contributed by atoms with Gasteiger partial charge in [0.15, 0.2) is 0 Å². The Morgan fingerprint density at radius 2 is 1.59 bits per heavy atom. The summed E-state index contributed by atoms with van der Waals surface area (Å²) in [5.41, 5.74) is -1.60. The summed E-state index contributed by atoms with van der Waals surface area (Å²) in [5, 5.41) is 11.7. The average molecular weight is 693 g/mol. The van der Waals surface area contributed by atoms with Crippen LogP contribution in [0, 0.1) is 23.7 Å². The van der Waals surface area contributed by atoms with Crippen LogP contribution in [-0.4, -0.2) is 45.5 Å². The van der Waals surface area contributed by atoms with Gasteiger partial charge in [0.2, 0.25) is 23.6 Å². The zero-order valence-electron chi connectivity index (χ0n) is 26.7. The number of imide groups is 2. The fraction of sp³-hybridized carbons (Fsp3) is 0.351. The van der Waals surface area contributed by atoms with Gasteiger partial charge in [-0.3, -0.25) is 24.1 Å². The van der Waals surface area contributed by atoms with E-state index in [4.69, 9.17) is 11.6 Å². The normalized spacial score (nSPS) is 28.3. The van der Waals surface area contributed by atoms with Gasteiger partial charge in [0, 0.05) is 22.0 Å². The zero-order valence-corrected chi connectivity index (χ0v) is 27.5. The van der Waals surface area contributed by atoms with Gasteiger partial charge in [-0.2, -0.15) is 0 Å². The fourth-order valence-electron chi connectivity index (χ4n) is 8.71. The van der Waals surface area contributed by atoms with Gasteiger partial charge in [0.25, 0.3) is 0 Å². The van der Waals surface area contributed by atoms with E-state index in [1.807, 2.05) is 0 Å². The number of anilines is 1. The molecule has 12 heteroatoms. The average Bonchev–Trinajstić information content (AvgIpc) is 3.42. The molecule has 254 valence electrons. The number of benzene rings is 3. The van der Waals surface area contributed by atoms with Crippen molar-refractivity contribution >= 4 is 40.9 Å². The molecule has 0 spiro atoms. The number of carbonyl (C=O) groups excluding carboxylic acids is 4. The first-order valence-electron chi connectivity index (χ1n) is 15.9. The number of alkyl halides is 3. The number of aromatic hydroxyl groups is 1. The Morgan fingerprint density at radius 3 is 2.24 bits per heavy atom. The number of rotatable bonds is 4. The summed E-state index contributed by atoms with van der Waals surface area (Å²) in [7, 11) is 0. The second-order valence-corrected chi connectivity index (χ2v) is 14.5. The topological polar surface area (TPSA) is 104 Å². The molecule has 2 heterocycles. The van der Waals surface area contributed by atoms with E-state index in [0.717, 1.165) is 23.1 Å². The zero-order chi connectivity index (χ0) is 35.2. The van der Waals surface area contributed by atoms with Crippen LogP contribution in [0.25, 0.3) is 0 Å². The molecule has 2 saturated heterocycles. The van der Waals surface area contributed by atoms with Crippen molar-refractivity contribution in [1.82, 2.24) is 4.90 Å². The number of allylic oxidation sites excluding steroid dienone is 2. The number of halogens is 4. The van der Waals surface area contributed by atoms with E-state index in [2.05, 4.69) is 4.74 Å². The molecule has 7 rings (SSSR count). The molecule has 8 nitrogen and oxygen atoms in total. The third-order valence-corrected chi connectivity index (χ3v) is 10.6. The number of ether oxygens (including phenoxy) is 1. The lowest BCUT2D eigenvalue weighted by molar-refractivity contribution is -0.274. The minimum Gasteiger partial charge on any atom is -0.508 e. The van der Waals surface area contributed by atoms with Crippen LogP contribution in [0.15, 0.2) is 84.4 Å². The van der Waals surface area contributed by atoms with E-state index >= 15 is 4.79 Å². The molecule has 0 unspecified atom stereocenters. The van der Waals surface area contributed by atoms with E-state index in [1.54, 1.807) is 75.4 Å². The Bertz CT molecular complexity index is 1940. The number of hydrogen-bond acceptors (Lipinski definition) is 6. The Labute approximate surface area is 285 Å². The molecule has 3 fully saturated rings. The molecule has 3 aromatic carbocycles. The first kappa shape index (κ1) is 32.9. The Hall–Kier alpha value is -4.64. The molecule has 3 aromatic rings. The first-order chi connectivity index (χ1) is 23.1. The van der Waals surface area contributed by atoms with Crippen LogP contribution in [0.2, 0.25) is 5.02 Å². The molecule has 1 saturated carbocycles. The Kier molecular flexibility index (Phi) is 7.51. The lowest BCUT2D eigenvalue weighted by Gasteiger charge is -2.50. The van der Waals surface area contributed by atoms with Crippen molar-refractivity contribution in [3.05, 3.63) is 101 Å². The molecule has 2 aliphatic carbocycles. The van der Waals surface area contributed by atoms with Gasteiger partial charge in [-0.05, 0) is 81.5 Å². The van der Waals surface area contributed by atoms with Crippen LogP contribution < -0.4 is 9.64 Å². The largest absolute Gasteiger partial charge is 0.573 e. The molecular weight excluding hydrogens is 661 g/mol. The summed E-state index contributed by atoms with van der Waals surface area (Å²) in [5.74, 6) is -7.81. The third-order valence-electron chi connectivity index (χ3n) is 10.4. The predicted molar refractivity (Wildman–Crippen MR) is 172 cm³/mol. The summed E-state index contributed by atoms with van der Waals surface area (Å²) in [6, 6.07) is 17.7. The number of phenolic OH excluding ortho intramolecular Hbond substituents is 1. The van der Waals surface area contributed by atoms with Gasteiger partial charge < -0.3 is 9.84 Å². The summed E-state index contributed by atoms with van der Waals surface area (Å²) in [4.78, 5) is 60.2. The van der Waals surface area contributed by atoms with Crippen LogP contribution in [-0.2, 0) is 24.6 Å². The van der Waals surface area contributed by atoms with Gasteiger partial charge in [0.1, 0.15) is 11.5 Å². The van der Waals surface area contributed by atoms with Crippen molar-refractivity contribution < 1.29 is 42.2 Å². The van der Waals surface area contributed by atoms with E-state index in [1.165, 1.54) is 11.0 Å². The Morgan fingerprint density at radius 1 is 0.878 bits per heavy atom. The van der Waals surface area contributed by atoms with Crippen LogP contribution in [0.5, 0.6) is 11.5 Å². The molecular formula is C37H32ClF3N2O6. The monoisotopic (exact) mass is 692 g/mol. The summed E-state index contributed by atoms with van der Waals surface area (Å²) >= 11 is 6.31. The van der Waals surface area contributed by atoms with E-state index in [0.29, 0.717) is 11.1 Å². The van der Waals surface area contributed by atoms with Crippen molar-refractivity contribution in [2.75, 3.05) is 4.90 Å². The first-order valence-corrected chi connectivity index (χ1v) is 16.3. The van der Waals surface area contributed by atoms with Crippen molar-refractivity contribution in [2.45, 2.75) is 56.8 Å². The molecule has 1 N–H and O–H groups in total. The fourth-order valence-corrected chi connectivity index (χ4v) is 8.89. The van der Waals surface area contributed by atoms with Crippen LogP contribution in [0.1, 0.15) is 50.7 Å². The molecule has 49 heavy (non-hydrogen) atoms. The number of carbonyl (C=O) groups is 4. The molecule has 0 aromatic heterocycles. The summed E-state index contributed by atoms with van der Waals surface area (Å²) in [6.07, 6.45) is -3.17. The molecule has 0 radical (unpaired) electrons. The number of phenols is 1. The maximum Gasteiger partial charge on any atom is 0.573 e. The molecule has 4 amide bonds. The molecule has 0 bridgehead atoms. The highest BCUT2D eigenvalue weighted by Gasteiger charge is 2.70. The number of amides is 4. The summed E-state index contributed by atoms with van der Waals surface area (Å²) < 4.78 is 44.8. The van der Waals surface area contributed by atoms with Crippen molar-refractivity contribution in [1.29, 1.82) is 0 Å². The van der Waals surface area contributed by atoms with Gasteiger partial charge in [-0.25, -0.2) is 4.90 Å². The van der Waals surface area contributed by atoms with Crippen molar-refractivity contribution in [3.63, 3.8) is 0 Å². The number of fused-ring (bicyclic) bond motifs is 4. The third kappa shape index (κ3) is 4.95. The second kappa shape index (κ2) is 11.2. The van der Waals surface area contributed by atoms with E-state index < -0.39 is 76.1 Å². The highest BCUT2D eigenvalue weighted by molar-refractivity contribution is 6.32. The van der Waals surface area contributed by atoms with E-state index in [-0.39, 0.29) is 35.0 Å². The van der Waals surface area contributed by atoms with Crippen LogP contribution >= 0.6 is 11.6 Å². The Balaban J connectivity index is 1.51. The minimum atomic E-state index is -5.06. The molecule has 2 aliphatic heterocycles. The molecule has 4 aliphatic rings.